The van der Waals surface area contributed by atoms with E-state index in [1.165, 1.54) is 7.11 Å². The van der Waals surface area contributed by atoms with Crippen LogP contribution in [0.5, 0.6) is 5.75 Å². The maximum absolute atomic E-state index is 12.1. The topological polar surface area (TPSA) is 115 Å². The first kappa shape index (κ1) is 24.3. The largest absolute Gasteiger partial charge is 0.493 e. The number of carbonyl (C=O) groups is 3. The number of hydrogen-bond acceptors (Lipinski definition) is 7. The van der Waals surface area contributed by atoms with E-state index in [0.29, 0.717) is 30.4 Å². The van der Waals surface area contributed by atoms with Crippen molar-refractivity contribution in [3.8, 4) is 5.75 Å². The molecule has 1 aromatic carbocycles. The summed E-state index contributed by atoms with van der Waals surface area (Å²) in [5.74, 6) is -0.345. The average Bonchev–Trinajstić information content (AvgIpc) is 2.69. The Bertz CT molecular complexity index is 694. The van der Waals surface area contributed by atoms with E-state index in [-0.39, 0.29) is 24.6 Å². The van der Waals surface area contributed by atoms with Crippen LogP contribution in [0.4, 0.5) is 0 Å². The molecular formula is C19H27N3O6S. The number of ether oxygens (including phenoxy) is 3. The third-order valence-corrected chi connectivity index (χ3v) is 3.55. The summed E-state index contributed by atoms with van der Waals surface area (Å²) in [4.78, 5) is 35.3. The second-order valence-electron chi connectivity index (χ2n) is 6.40. The number of benzene rings is 1. The predicted molar refractivity (Wildman–Crippen MR) is 110 cm³/mol. The van der Waals surface area contributed by atoms with Crippen molar-refractivity contribution >= 4 is 35.1 Å². The molecule has 0 bridgehead atoms. The van der Waals surface area contributed by atoms with Crippen LogP contribution in [0.15, 0.2) is 24.3 Å². The minimum atomic E-state index is -0.509. The van der Waals surface area contributed by atoms with Gasteiger partial charge in [0.1, 0.15) is 12.4 Å². The molecule has 0 radical (unpaired) electrons. The van der Waals surface area contributed by atoms with Gasteiger partial charge in [-0.15, -0.1) is 0 Å². The maximum atomic E-state index is 12.1. The van der Waals surface area contributed by atoms with Gasteiger partial charge in [-0.05, 0) is 42.4 Å². The van der Waals surface area contributed by atoms with Crippen LogP contribution in [0.3, 0.4) is 0 Å². The van der Waals surface area contributed by atoms with Crippen molar-refractivity contribution in [3.05, 3.63) is 29.8 Å². The molecule has 0 fully saturated rings. The second kappa shape index (κ2) is 13.5. The highest BCUT2D eigenvalue weighted by Crippen LogP contribution is 2.13. The number of carbonyl (C=O) groups excluding carboxylic acids is 3. The summed E-state index contributed by atoms with van der Waals surface area (Å²) >= 11 is 4.93. The molecule has 0 atom stereocenters. The van der Waals surface area contributed by atoms with Crippen molar-refractivity contribution in [1.82, 2.24) is 16.2 Å². The van der Waals surface area contributed by atoms with E-state index < -0.39 is 17.8 Å². The minimum Gasteiger partial charge on any atom is -0.493 e. The summed E-state index contributed by atoms with van der Waals surface area (Å²) in [6, 6.07) is 6.62. The molecule has 0 aromatic heterocycles. The van der Waals surface area contributed by atoms with Gasteiger partial charge >= 0.3 is 5.97 Å². The minimum absolute atomic E-state index is 0.0876. The Morgan fingerprint density at radius 3 is 2.34 bits per heavy atom. The lowest BCUT2D eigenvalue weighted by Crippen LogP contribution is -2.48. The summed E-state index contributed by atoms with van der Waals surface area (Å²) in [5, 5.41) is 2.27. The molecule has 0 unspecified atom stereocenters. The Labute approximate surface area is 175 Å². The highest BCUT2D eigenvalue weighted by Gasteiger charge is 2.11. The third-order valence-electron chi connectivity index (χ3n) is 3.35. The van der Waals surface area contributed by atoms with Crippen molar-refractivity contribution in [1.29, 1.82) is 0 Å². The van der Waals surface area contributed by atoms with Crippen LogP contribution in [0.1, 0.15) is 37.0 Å². The Hall–Kier alpha value is -2.72. The van der Waals surface area contributed by atoms with E-state index in [1.807, 2.05) is 13.8 Å². The number of thiocarbonyl (C=S) groups is 1. The van der Waals surface area contributed by atoms with Gasteiger partial charge in [0.2, 0.25) is 5.91 Å². The van der Waals surface area contributed by atoms with Gasteiger partial charge in [0.05, 0.1) is 19.6 Å². The van der Waals surface area contributed by atoms with Crippen molar-refractivity contribution in [2.24, 2.45) is 5.92 Å². The standard InChI is InChI=1S/C19H27N3O6S/c1-13(2)12-28-15-6-4-14(5-7-15)18(25)21-22-19(29)20-16(23)8-9-17(24)27-11-10-26-3/h4-7,13H,8-12H2,1-3H3,(H,21,25)(H2,20,22,23,29). The molecule has 0 aliphatic rings. The molecule has 0 heterocycles. The molecule has 10 heteroatoms. The number of hydrazine groups is 1. The van der Waals surface area contributed by atoms with Gasteiger partial charge in [-0.25, -0.2) is 0 Å². The fourth-order valence-corrected chi connectivity index (χ4v) is 2.06. The van der Waals surface area contributed by atoms with E-state index in [1.54, 1.807) is 24.3 Å². The second-order valence-corrected chi connectivity index (χ2v) is 6.81. The summed E-state index contributed by atoms with van der Waals surface area (Å²) in [7, 11) is 1.49. The lowest BCUT2D eigenvalue weighted by Gasteiger charge is -2.12. The van der Waals surface area contributed by atoms with Crippen LogP contribution >= 0.6 is 12.2 Å². The molecule has 3 N–H and O–H groups in total. The number of methoxy groups -OCH3 is 1. The first-order chi connectivity index (χ1) is 13.8. The molecule has 0 saturated heterocycles. The normalized spacial score (nSPS) is 10.2. The van der Waals surface area contributed by atoms with Crippen LogP contribution in [-0.4, -0.2) is 49.8 Å². The number of hydrogen-bond donors (Lipinski definition) is 3. The van der Waals surface area contributed by atoms with Crippen LogP contribution in [0.2, 0.25) is 0 Å². The number of amides is 2. The van der Waals surface area contributed by atoms with Crippen LogP contribution in [0.25, 0.3) is 0 Å². The van der Waals surface area contributed by atoms with Crippen LogP contribution < -0.4 is 20.9 Å². The Morgan fingerprint density at radius 1 is 1.03 bits per heavy atom. The Morgan fingerprint density at radius 2 is 1.72 bits per heavy atom. The van der Waals surface area contributed by atoms with E-state index in [9.17, 15) is 14.4 Å². The first-order valence-corrected chi connectivity index (χ1v) is 9.50. The number of nitrogens with one attached hydrogen (secondary N) is 3. The zero-order valence-electron chi connectivity index (χ0n) is 16.8. The zero-order valence-corrected chi connectivity index (χ0v) is 17.6. The van der Waals surface area contributed by atoms with Gasteiger partial charge in [-0.3, -0.25) is 25.2 Å². The molecule has 29 heavy (non-hydrogen) atoms. The fraction of sp³-hybridized carbons (Fsp3) is 0.474. The van der Waals surface area contributed by atoms with Gasteiger partial charge in [-0.2, -0.15) is 0 Å². The van der Waals surface area contributed by atoms with Crippen molar-refractivity contribution in [2.75, 3.05) is 26.9 Å². The highest BCUT2D eigenvalue weighted by atomic mass is 32.1. The molecule has 1 aromatic rings. The van der Waals surface area contributed by atoms with Crippen molar-refractivity contribution < 1.29 is 28.6 Å². The molecule has 160 valence electrons. The lowest BCUT2D eigenvalue weighted by molar-refractivity contribution is -0.146. The summed E-state index contributed by atoms with van der Waals surface area (Å²) < 4.78 is 15.2. The van der Waals surface area contributed by atoms with Gasteiger partial charge in [0.15, 0.2) is 5.11 Å². The summed E-state index contributed by atoms with van der Waals surface area (Å²) in [6.07, 6.45) is -0.185. The maximum Gasteiger partial charge on any atom is 0.306 e. The van der Waals surface area contributed by atoms with Gasteiger partial charge < -0.3 is 19.5 Å². The van der Waals surface area contributed by atoms with E-state index in [2.05, 4.69) is 16.2 Å². The first-order valence-electron chi connectivity index (χ1n) is 9.09. The number of esters is 1. The Balaban J connectivity index is 2.30. The SMILES string of the molecule is COCCOC(=O)CCC(=O)NC(=S)NNC(=O)c1ccc(OCC(C)C)cc1. The highest BCUT2D eigenvalue weighted by molar-refractivity contribution is 7.80. The molecule has 0 saturated carbocycles. The lowest BCUT2D eigenvalue weighted by atomic mass is 10.2. The van der Waals surface area contributed by atoms with Gasteiger partial charge in [0, 0.05) is 19.1 Å². The molecular weight excluding hydrogens is 398 g/mol. The van der Waals surface area contributed by atoms with E-state index in [4.69, 9.17) is 26.4 Å². The molecule has 0 spiro atoms. The number of rotatable bonds is 10. The molecule has 1 rings (SSSR count). The van der Waals surface area contributed by atoms with Crippen molar-refractivity contribution in [3.63, 3.8) is 0 Å². The van der Waals surface area contributed by atoms with Crippen molar-refractivity contribution in [2.45, 2.75) is 26.7 Å². The van der Waals surface area contributed by atoms with Crippen LogP contribution in [0, 0.1) is 5.92 Å². The predicted octanol–water partition coefficient (Wildman–Crippen LogP) is 1.33. The molecule has 0 aliphatic heterocycles. The fourth-order valence-electron chi connectivity index (χ4n) is 1.90. The molecule has 0 aliphatic carbocycles. The summed E-state index contributed by atoms with van der Waals surface area (Å²) in [6.45, 7) is 5.10. The summed E-state index contributed by atoms with van der Waals surface area (Å²) in [5.41, 5.74) is 5.20. The van der Waals surface area contributed by atoms with E-state index in [0.717, 1.165) is 0 Å². The Kier molecular flexibility index (Phi) is 11.3. The average molecular weight is 426 g/mol. The third kappa shape index (κ3) is 11.0. The smallest absolute Gasteiger partial charge is 0.306 e. The van der Waals surface area contributed by atoms with E-state index >= 15 is 0 Å². The van der Waals surface area contributed by atoms with Crippen LogP contribution in [-0.2, 0) is 19.1 Å². The van der Waals surface area contributed by atoms with Gasteiger partial charge in [-0.1, -0.05) is 13.8 Å². The monoisotopic (exact) mass is 425 g/mol. The zero-order chi connectivity index (χ0) is 21.6. The molecule has 2 amide bonds. The van der Waals surface area contributed by atoms with Gasteiger partial charge in [0.25, 0.3) is 5.91 Å². The quantitative estimate of drug-likeness (QED) is 0.223. The molecule has 9 nitrogen and oxygen atoms in total.